The number of halogens is 1. The van der Waals surface area contributed by atoms with E-state index in [4.69, 9.17) is 0 Å². The van der Waals surface area contributed by atoms with Crippen molar-refractivity contribution in [2.24, 2.45) is 0 Å². The zero-order chi connectivity index (χ0) is 14.9. The van der Waals surface area contributed by atoms with Crippen molar-refractivity contribution in [3.05, 3.63) is 83.9 Å². The summed E-state index contributed by atoms with van der Waals surface area (Å²) in [5.74, 6) is 0. The number of hydrogen-bond acceptors (Lipinski definition) is 1. The summed E-state index contributed by atoms with van der Waals surface area (Å²) >= 11 is 1.79. The van der Waals surface area contributed by atoms with Crippen molar-refractivity contribution in [3.63, 3.8) is 0 Å². The summed E-state index contributed by atoms with van der Waals surface area (Å²) in [6.45, 7) is 4.84. The Bertz CT molecular complexity index is 987. The first-order valence-electron chi connectivity index (χ1n) is 7.36. The summed E-state index contributed by atoms with van der Waals surface area (Å²) in [4.78, 5) is 0. The summed E-state index contributed by atoms with van der Waals surface area (Å²) in [6.07, 6.45) is 1.95. The van der Waals surface area contributed by atoms with Crippen molar-refractivity contribution in [2.45, 2.75) is 6.54 Å². The van der Waals surface area contributed by atoms with Gasteiger partial charge in [-0.15, -0.1) is 0 Å². The van der Waals surface area contributed by atoms with E-state index in [-0.39, 0.29) is 17.0 Å². The molecule has 1 aromatic heterocycles. The average molecular weight is 382 g/mol. The van der Waals surface area contributed by atoms with Crippen LogP contribution >= 0.6 is 11.3 Å². The number of thiazole rings is 1. The number of aromatic nitrogens is 1. The van der Waals surface area contributed by atoms with E-state index in [1.54, 1.807) is 11.3 Å². The number of benzene rings is 3. The monoisotopic (exact) mass is 381 g/mol. The van der Waals surface area contributed by atoms with Crippen LogP contribution in [0.4, 0.5) is 0 Å². The van der Waals surface area contributed by atoms with Gasteiger partial charge in [0.25, 0.3) is 5.01 Å². The molecule has 23 heavy (non-hydrogen) atoms. The summed E-state index contributed by atoms with van der Waals surface area (Å²) in [7, 11) is 0. The molecule has 0 spiro atoms. The van der Waals surface area contributed by atoms with Gasteiger partial charge in [-0.25, -0.2) is 0 Å². The molecule has 4 aromatic rings. The van der Waals surface area contributed by atoms with Gasteiger partial charge in [0, 0.05) is 17.7 Å². The van der Waals surface area contributed by atoms with Gasteiger partial charge in [-0.2, -0.15) is 4.57 Å². The van der Waals surface area contributed by atoms with Crippen LogP contribution in [-0.2, 0) is 6.54 Å². The van der Waals surface area contributed by atoms with E-state index in [9.17, 15) is 0 Å². The number of hydrogen-bond donors (Lipinski definition) is 0. The van der Waals surface area contributed by atoms with Crippen LogP contribution in [0.25, 0.3) is 27.1 Å². The maximum Gasteiger partial charge on any atom is 0.262 e. The van der Waals surface area contributed by atoms with Crippen LogP contribution in [0.1, 0.15) is 10.6 Å². The van der Waals surface area contributed by atoms with Gasteiger partial charge in [0.2, 0.25) is 5.52 Å². The minimum Gasteiger partial charge on any atom is -1.00 e. The highest BCUT2D eigenvalue weighted by Gasteiger charge is 2.18. The lowest BCUT2D eigenvalue weighted by atomic mass is 10.1. The third kappa shape index (κ3) is 2.94. The van der Waals surface area contributed by atoms with Gasteiger partial charge >= 0.3 is 0 Å². The Balaban J connectivity index is 0.00000156. The van der Waals surface area contributed by atoms with Crippen molar-refractivity contribution in [2.75, 3.05) is 0 Å². The van der Waals surface area contributed by atoms with Gasteiger partial charge in [-0.1, -0.05) is 66.4 Å². The highest BCUT2D eigenvalue weighted by atomic mass is 79.9. The predicted octanol–water partition coefficient (Wildman–Crippen LogP) is 2.04. The van der Waals surface area contributed by atoms with Crippen molar-refractivity contribution >= 4 is 38.4 Å². The van der Waals surface area contributed by atoms with Crippen LogP contribution in [0.3, 0.4) is 0 Å². The first-order chi connectivity index (χ1) is 10.8. The molecule has 0 saturated carbocycles. The fourth-order valence-corrected chi connectivity index (χ4v) is 3.90. The molecule has 0 bridgehead atoms. The van der Waals surface area contributed by atoms with Crippen molar-refractivity contribution in [1.29, 1.82) is 0 Å². The molecule has 0 aliphatic carbocycles. The Morgan fingerprint density at radius 3 is 2.48 bits per heavy atom. The summed E-state index contributed by atoms with van der Waals surface area (Å²) < 4.78 is 3.65. The Hall–Kier alpha value is -1.97. The highest BCUT2D eigenvalue weighted by Crippen LogP contribution is 2.22. The lowest BCUT2D eigenvalue weighted by Gasteiger charge is -2.01. The van der Waals surface area contributed by atoms with Crippen molar-refractivity contribution in [1.82, 2.24) is 0 Å². The van der Waals surface area contributed by atoms with Gasteiger partial charge in [-0.05, 0) is 22.9 Å². The molecule has 114 valence electrons. The Kier molecular flexibility index (Phi) is 4.60. The molecule has 0 radical (unpaired) electrons. The van der Waals surface area contributed by atoms with E-state index in [1.807, 2.05) is 6.08 Å². The molecule has 4 rings (SSSR count). The molecule has 0 unspecified atom stereocenters. The summed E-state index contributed by atoms with van der Waals surface area (Å²) in [5.41, 5.74) is 2.59. The van der Waals surface area contributed by atoms with E-state index < -0.39 is 0 Å². The number of para-hydroxylation sites is 1. The standard InChI is InChI=1S/C20H16NS.BrH/c1-2-20-21(18-9-5-6-10-19(18)22-20)14-15-11-12-16-7-3-4-8-17(16)13-15;/h2-13H,1,14H2;1H/q+1;/p-1. The molecular formula is C20H16BrNS. The molecule has 0 saturated heterocycles. The first kappa shape index (κ1) is 15.9. The van der Waals surface area contributed by atoms with Crippen LogP contribution < -0.4 is 21.5 Å². The molecule has 0 N–H and O–H groups in total. The highest BCUT2D eigenvalue weighted by molar-refractivity contribution is 7.18. The minimum absolute atomic E-state index is 0. The summed E-state index contributed by atoms with van der Waals surface area (Å²) in [6, 6.07) is 23.7. The van der Waals surface area contributed by atoms with Crippen molar-refractivity contribution < 1.29 is 21.5 Å². The van der Waals surface area contributed by atoms with Crippen molar-refractivity contribution in [3.8, 4) is 0 Å². The fourth-order valence-electron chi connectivity index (χ4n) is 2.89. The molecular weight excluding hydrogens is 366 g/mol. The van der Waals surface area contributed by atoms with E-state index in [0.717, 1.165) is 6.54 Å². The third-order valence-electron chi connectivity index (χ3n) is 3.97. The van der Waals surface area contributed by atoms with Gasteiger partial charge in [-0.3, -0.25) is 0 Å². The summed E-state index contributed by atoms with van der Waals surface area (Å²) in [5, 5.41) is 3.78. The second-order valence-electron chi connectivity index (χ2n) is 5.38. The third-order valence-corrected chi connectivity index (χ3v) is 5.13. The number of fused-ring (bicyclic) bond motifs is 2. The molecule has 0 aliphatic heterocycles. The SMILES string of the molecule is C=Cc1sc2ccccc2[n+]1Cc1ccc2ccccc2c1.[Br-]. The first-order valence-corrected chi connectivity index (χ1v) is 8.18. The molecule has 0 aliphatic rings. The lowest BCUT2D eigenvalue weighted by molar-refractivity contribution is -0.659. The molecule has 0 fully saturated rings. The normalized spacial score (nSPS) is 10.6. The molecule has 1 heterocycles. The van der Waals surface area contributed by atoms with Crippen LogP contribution in [0.2, 0.25) is 0 Å². The largest absolute Gasteiger partial charge is 1.00 e. The molecule has 0 amide bonds. The average Bonchev–Trinajstić information content (AvgIpc) is 2.93. The maximum absolute atomic E-state index is 3.97. The van der Waals surface area contributed by atoms with Gasteiger partial charge in [0.05, 0.1) is 0 Å². The van der Waals surface area contributed by atoms with Gasteiger partial charge in [0.1, 0.15) is 4.70 Å². The van der Waals surface area contributed by atoms with E-state index >= 15 is 0 Å². The fraction of sp³-hybridized carbons (Fsp3) is 0.0500. The zero-order valence-electron chi connectivity index (χ0n) is 12.6. The van der Waals surface area contributed by atoms with Crippen LogP contribution in [0.5, 0.6) is 0 Å². The lowest BCUT2D eigenvalue weighted by Crippen LogP contribution is -3.00. The minimum atomic E-state index is 0. The molecule has 0 atom stereocenters. The van der Waals surface area contributed by atoms with Crippen LogP contribution in [0.15, 0.2) is 73.3 Å². The molecule has 3 aromatic carbocycles. The quantitative estimate of drug-likeness (QED) is 0.478. The second-order valence-corrected chi connectivity index (χ2v) is 6.44. The van der Waals surface area contributed by atoms with E-state index in [0.29, 0.717) is 0 Å². The van der Waals surface area contributed by atoms with Gasteiger partial charge < -0.3 is 17.0 Å². The molecule has 3 heteroatoms. The van der Waals surface area contributed by atoms with Crippen LogP contribution in [0, 0.1) is 0 Å². The number of nitrogens with zero attached hydrogens (tertiary/aromatic N) is 1. The van der Waals surface area contributed by atoms with Gasteiger partial charge in [0.15, 0.2) is 6.54 Å². The second kappa shape index (κ2) is 6.65. The zero-order valence-corrected chi connectivity index (χ0v) is 15.0. The maximum atomic E-state index is 3.97. The Morgan fingerprint density at radius 2 is 1.65 bits per heavy atom. The van der Waals surface area contributed by atoms with E-state index in [1.165, 1.54) is 31.6 Å². The number of rotatable bonds is 3. The smallest absolute Gasteiger partial charge is 0.262 e. The Morgan fingerprint density at radius 1 is 0.913 bits per heavy atom. The molecule has 1 nitrogen and oxygen atoms in total. The van der Waals surface area contributed by atoms with Crippen LogP contribution in [-0.4, -0.2) is 0 Å². The van der Waals surface area contributed by atoms with E-state index in [2.05, 4.69) is 77.9 Å². The predicted molar refractivity (Wildman–Crippen MR) is 95.2 cm³/mol. The Labute approximate surface area is 150 Å². The topological polar surface area (TPSA) is 3.88 Å².